The predicted molar refractivity (Wildman–Crippen MR) is 114 cm³/mol. The second kappa shape index (κ2) is 8.71. The monoisotopic (exact) mass is 444 g/mol. The highest BCUT2D eigenvalue weighted by molar-refractivity contribution is 9.10. The maximum Gasteiger partial charge on any atom is 0.234 e. The molecule has 2 aromatic carbocycles. The number of rotatable bonds is 6. The van der Waals surface area contributed by atoms with Crippen LogP contribution in [0, 0.1) is 13.8 Å². The number of nitrogens with zero attached hydrogens (tertiary/aromatic N) is 3. The lowest BCUT2D eigenvalue weighted by Crippen LogP contribution is -2.15. The number of carbonyl (C=O) groups is 1. The lowest BCUT2D eigenvalue weighted by molar-refractivity contribution is -0.113. The zero-order valence-corrected chi connectivity index (χ0v) is 17.9. The molecule has 0 fully saturated rings. The van der Waals surface area contributed by atoms with Crippen molar-refractivity contribution in [1.29, 1.82) is 0 Å². The van der Waals surface area contributed by atoms with Gasteiger partial charge in [0.2, 0.25) is 5.91 Å². The Bertz CT molecular complexity index is 956. The SMILES string of the molecule is CCn1c(SCC(=O)Nc2cc(C)c(C)cc2Br)nnc1-c1ccccc1. The normalized spacial score (nSPS) is 10.8. The summed E-state index contributed by atoms with van der Waals surface area (Å²) in [4.78, 5) is 12.4. The van der Waals surface area contributed by atoms with Gasteiger partial charge in [0.1, 0.15) is 0 Å². The first-order chi connectivity index (χ1) is 13.0. The Balaban J connectivity index is 1.69. The highest BCUT2D eigenvalue weighted by atomic mass is 79.9. The van der Waals surface area contributed by atoms with E-state index in [-0.39, 0.29) is 11.7 Å². The lowest BCUT2D eigenvalue weighted by atomic mass is 10.1. The number of aromatic nitrogens is 3. The van der Waals surface area contributed by atoms with Crippen molar-refractivity contribution >= 4 is 39.3 Å². The van der Waals surface area contributed by atoms with Gasteiger partial charge in [-0.1, -0.05) is 42.1 Å². The van der Waals surface area contributed by atoms with Crippen LogP contribution in [0.5, 0.6) is 0 Å². The van der Waals surface area contributed by atoms with Crippen LogP contribution in [-0.2, 0) is 11.3 Å². The molecule has 7 heteroatoms. The van der Waals surface area contributed by atoms with Crippen LogP contribution in [0.3, 0.4) is 0 Å². The maximum absolute atomic E-state index is 12.4. The molecule has 0 unspecified atom stereocenters. The molecule has 0 aliphatic heterocycles. The summed E-state index contributed by atoms with van der Waals surface area (Å²) in [5, 5.41) is 12.3. The molecule has 0 spiro atoms. The fourth-order valence-corrected chi connectivity index (χ4v) is 4.03. The summed E-state index contributed by atoms with van der Waals surface area (Å²) in [6.45, 7) is 6.86. The Morgan fingerprint density at radius 1 is 1.15 bits per heavy atom. The van der Waals surface area contributed by atoms with E-state index in [4.69, 9.17) is 0 Å². The van der Waals surface area contributed by atoms with Gasteiger partial charge in [-0.25, -0.2) is 0 Å². The molecule has 1 N–H and O–H groups in total. The molecule has 1 heterocycles. The van der Waals surface area contributed by atoms with Crippen molar-refractivity contribution in [3.05, 3.63) is 58.1 Å². The summed E-state index contributed by atoms with van der Waals surface area (Å²) >= 11 is 4.90. The van der Waals surface area contributed by atoms with E-state index in [2.05, 4.69) is 31.4 Å². The number of anilines is 1. The van der Waals surface area contributed by atoms with Crippen molar-refractivity contribution in [2.75, 3.05) is 11.1 Å². The van der Waals surface area contributed by atoms with Crippen LogP contribution in [-0.4, -0.2) is 26.4 Å². The molecule has 3 rings (SSSR count). The molecule has 5 nitrogen and oxygen atoms in total. The van der Waals surface area contributed by atoms with Gasteiger partial charge in [-0.05, 0) is 60.0 Å². The number of hydrogen-bond acceptors (Lipinski definition) is 4. The smallest absolute Gasteiger partial charge is 0.234 e. The van der Waals surface area contributed by atoms with Crippen LogP contribution >= 0.6 is 27.7 Å². The van der Waals surface area contributed by atoms with Gasteiger partial charge in [-0.15, -0.1) is 10.2 Å². The zero-order chi connectivity index (χ0) is 19.4. The third-order valence-electron chi connectivity index (χ3n) is 4.25. The minimum absolute atomic E-state index is 0.0733. The van der Waals surface area contributed by atoms with E-state index in [1.165, 1.54) is 17.3 Å². The van der Waals surface area contributed by atoms with E-state index < -0.39 is 0 Å². The summed E-state index contributed by atoms with van der Waals surface area (Å²) < 4.78 is 2.91. The van der Waals surface area contributed by atoms with E-state index in [0.29, 0.717) is 0 Å². The molecule has 3 aromatic rings. The predicted octanol–water partition coefficient (Wildman–Crippen LogP) is 5.08. The van der Waals surface area contributed by atoms with Gasteiger partial charge >= 0.3 is 0 Å². The molecular formula is C20H21BrN4OS. The van der Waals surface area contributed by atoms with Gasteiger partial charge in [0.25, 0.3) is 0 Å². The zero-order valence-electron chi connectivity index (χ0n) is 15.5. The Morgan fingerprint density at radius 2 is 1.85 bits per heavy atom. The Hall–Kier alpha value is -2.12. The molecule has 0 atom stereocenters. The van der Waals surface area contributed by atoms with Crippen LogP contribution in [0.15, 0.2) is 52.1 Å². The van der Waals surface area contributed by atoms with E-state index >= 15 is 0 Å². The molecule has 0 aliphatic rings. The number of amides is 1. The number of hydrogen-bond donors (Lipinski definition) is 1. The van der Waals surface area contributed by atoms with Crippen LogP contribution in [0.4, 0.5) is 5.69 Å². The molecule has 0 saturated heterocycles. The fourth-order valence-electron chi connectivity index (χ4n) is 2.67. The summed E-state index contributed by atoms with van der Waals surface area (Å²) in [7, 11) is 0. The van der Waals surface area contributed by atoms with Crippen molar-refractivity contribution < 1.29 is 4.79 Å². The molecular weight excluding hydrogens is 424 g/mol. The fraction of sp³-hybridized carbons (Fsp3) is 0.250. The van der Waals surface area contributed by atoms with Crippen molar-refractivity contribution in [3.8, 4) is 11.4 Å². The molecule has 1 aromatic heterocycles. The number of aryl methyl sites for hydroxylation is 2. The first kappa shape index (κ1) is 19.6. The lowest BCUT2D eigenvalue weighted by Gasteiger charge is -2.11. The molecule has 0 bridgehead atoms. The molecule has 0 aliphatic carbocycles. The van der Waals surface area contributed by atoms with E-state index in [1.807, 2.05) is 67.8 Å². The highest BCUT2D eigenvalue weighted by Crippen LogP contribution is 2.27. The van der Waals surface area contributed by atoms with Crippen molar-refractivity contribution in [2.24, 2.45) is 0 Å². The van der Waals surface area contributed by atoms with Crippen LogP contribution < -0.4 is 5.32 Å². The second-order valence-corrected chi connectivity index (χ2v) is 7.97. The molecule has 140 valence electrons. The van der Waals surface area contributed by atoms with E-state index in [9.17, 15) is 4.79 Å². The van der Waals surface area contributed by atoms with Gasteiger partial charge < -0.3 is 9.88 Å². The Labute approximate surface area is 171 Å². The maximum atomic E-state index is 12.4. The third-order valence-corrected chi connectivity index (χ3v) is 5.88. The first-order valence-corrected chi connectivity index (χ1v) is 10.5. The highest BCUT2D eigenvalue weighted by Gasteiger charge is 2.15. The summed E-state index contributed by atoms with van der Waals surface area (Å²) in [5.74, 6) is 1.01. The molecule has 27 heavy (non-hydrogen) atoms. The van der Waals surface area contributed by atoms with Crippen molar-refractivity contribution in [1.82, 2.24) is 14.8 Å². The van der Waals surface area contributed by atoms with E-state index in [0.717, 1.165) is 38.8 Å². The summed E-state index contributed by atoms with van der Waals surface area (Å²) in [5.41, 5.74) is 4.12. The number of carbonyl (C=O) groups excluding carboxylic acids is 1. The van der Waals surface area contributed by atoms with E-state index in [1.54, 1.807) is 0 Å². The van der Waals surface area contributed by atoms with Gasteiger partial charge in [-0.3, -0.25) is 4.79 Å². The number of nitrogens with one attached hydrogen (secondary N) is 1. The van der Waals surface area contributed by atoms with Crippen molar-refractivity contribution in [3.63, 3.8) is 0 Å². The Kier molecular flexibility index (Phi) is 6.34. The topological polar surface area (TPSA) is 59.8 Å². The number of thioether (sulfide) groups is 1. The van der Waals surface area contributed by atoms with Crippen LogP contribution in [0.2, 0.25) is 0 Å². The third kappa shape index (κ3) is 4.59. The number of halogens is 1. The number of benzene rings is 2. The minimum atomic E-state index is -0.0733. The van der Waals surface area contributed by atoms with Gasteiger partial charge in [0.05, 0.1) is 11.4 Å². The molecule has 1 amide bonds. The van der Waals surface area contributed by atoms with Gasteiger partial charge in [0, 0.05) is 16.6 Å². The average Bonchev–Trinajstić information content (AvgIpc) is 3.08. The summed E-state index contributed by atoms with van der Waals surface area (Å²) in [6.07, 6.45) is 0. The largest absolute Gasteiger partial charge is 0.324 e. The van der Waals surface area contributed by atoms with Gasteiger partial charge in [-0.2, -0.15) is 0 Å². The molecule has 0 saturated carbocycles. The Morgan fingerprint density at radius 3 is 2.56 bits per heavy atom. The summed E-state index contributed by atoms with van der Waals surface area (Å²) in [6, 6.07) is 13.9. The first-order valence-electron chi connectivity index (χ1n) is 8.67. The van der Waals surface area contributed by atoms with Gasteiger partial charge in [0.15, 0.2) is 11.0 Å². The minimum Gasteiger partial charge on any atom is -0.324 e. The molecule has 0 radical (unpaired) electrons. The van der Waals surface area contributed by atoms with Crippen LogP contribution in [0.1, 0.15) is 18.1 Å². The standard InChI is InChI=1S/C20H21BrN4OS/c1-4-25-19(15-8-6-5-7-9-15)23-24-20(25)27-12-18(26)22-17-11-14(3)13(2)10-16(17)21/h5-11H,4,12H2,1-3H3,(H,22,26). The quantitative estimate of drug-likeness (QED) is 0.538. The average molecular weight is 445 g/mol. The second-order valence-electron chi connectivity index (χ2n) is 6.17. The van der Waals surface area contributed by atoms with Crippen LogP contribution in [0.25, 0.3) is 11.4 Å². The van der Waals surface area contributed by atoms with Crippen molar-refractivity contribution in [2.45, 2.75) is 32.5 Å².